The van der Waals surface area contributed by atoms with Crippen LogP contribution in [0.15, 0.2) is 35.5 Å². The molecule has 21 heavy (non-hydrogen) atoms. The Labute approximate surface area is 122 Å². The third kappa shape index (κ3) is 2.94. The Morgan fingerprint density at radius 3 is 2.67 bits per heavy atom. The first-order valence-corrected chi connectivity index (χ1v) is 6.39. The highest BCUT2D eigenvalue weighted by Gasteiger charge is 2.18. The van der Waals surface area contributed by atoms with Crippen molar-refractivity contribution in [2.24, 2.45) is 10.9 Å². The van der Waals surface area contributed by atoms with Gasteiger partial charge in [0.05, 0.1) is 5.56 Å². The Hall–Kier alpha value is -2.63. The number of anilines is 2. The van der Waals surface area contributed by atoms with Gasteiger partial charge in [0.1, 0.15) is 11.6 Å². The van der Waals surface area contributed by atoms with Gasteiger partial charge in [-0.05, 0) is 43.7 Å². The fraction of sp³-hybridized carbons (Fsp3) is 0.200. The third-order valence-electron chi connectivity index (χ3n) is 3.20. The summed E-state index contributed by atoms with van der Waals surface area (Å²) >= 11 is 0. The maximum atomic E-state index is 13.4. The van der Waals surface area contributed by atoms with E-state index >= 15 is 0 Å². The van der Waals surface area contributed by atoms with Crippen LogP contribution in [-0.4, -0.2) is 23.1 Å². The minimum atomic E-state index is -0.339. The number of hydrogen-bond acceptors (Lipinski definition) is 4. The van der Waals surface area contributed by atoms with E-state index in [1.54, 1.807) is 24.1 Å². The maximum Gasteiger partial charge on any atom is 0.174 e. The van der Waals surface area contributed by atoms with Crippen LogP contribution in [0.25, 0.3) is 0 Å². The zero-order valence-electron chi connectivity index (χ0n) is 12.1. The molecule has 0 atom stereocenters. The van der Waals surface area contributed by atoms with E-state index in [0.717, 1.165) is 11.3 Å². The summed E-state index contributed by atoms with van der Waals surface area (Å²) in [5.74, 6) is 0.140. The lowest BCUT2D eigenvalue weighted by Gasteiger charge is -2.22. The molecule has 0 unspecified atom stereocenters. The minimum Gasteiger partial charge on any atom is -0.409 e. The van der Waals surface area contributed by atoms with Crippen molar-refractivity contribution in [2.45, 2.75) is 13.8 Å². The molecule has 0 fully saturated rings. The van der Waals surface area contributed by atoms with Gasteiger partial charge in [-0.1, -0.05) is 11.2 Å². The topological polar surface area (TPSA) is 74.7 Å². The first-order chi connectivity index (χ1) is 9.93. The van der Waals surface area contributed by atoms with Crippen LogP contribution in [-0.2, 0) is 0 Å². The van der Waals surface area contributed by atoms with E-state index in [-0.39, 0.29) is 11.7 Å². The molecule has 5 nitrogen and oxygen atoms in total. The van der Waals surface area contributed by atoms with Gasteiger partial charge in [0, 0.05) is 18.4 Å². The van der Waals surface area contributed by atoms with Crippen molar-refractivity contribution >= 4 is 17.3 Å². The van der Waals surface area contributed by atoms with Crippen molar-refractivity contribution in [3.63, 3.8) is 0 Å². The van der Waals surface area contributed by atoms with E-state index in [0.29, 0.717) is 17.1 Å². The molecule has 0 radical (unpaired) electrons. The SMILES string of the molecule is Cc1cc(C)c(C(N)=NO)c(N(C)c2cccc(F)c2)n1. The summed E-state index contributed by atoms with van der Waals surface area (Å²) in [6.07, 6.45) is 0. The number of hydrogen-bond donors (Lipinski definition) is 2. The van der Waals surface area contributed by atoms with Gasteiger partial charge in [0.15, 0.2) is 5.84 Å². The van der Waals surface area contributed by atoms with E-state index in [4.69, 9.17) is 10.9 Å². The highest BCUT2D eigenvalue weighted by molar-refractivity contribution is 6.03. The van der Waals surface area contributed by atoms with Gasteiger partial charge in [0.2, 0.25) is 0 Å². The number of aromatic nitrogens is 1. The van der Waals surface area contributed by atoms with Gasteiger partial charge in [-0.3, -0.25) is 0 Å². The molecule has 0 bridgehead atoms. The molecule has 0 saturated carbocycles. The average Bonchev–Trinajstić information content (AvgIpc) is 2.45. The summed E-state index contributed by atoms with van der Waals surface area (Å²) in [7, 11) is 1.75. The van der Waals surface area contributed by atoms with Gasteiger partial charge in [-0.15, -0.1) is 0 Å². The molecule has 6 heteroatoms. The van der Waals surface area contributed by atoms with Crippen molar-refractivity contribution in [1.29, 1.82) is 0 Å². The summed E-state index contributed by atoms with van der Waals surface area (Å²) in [5, 5.41) is 12.0. The fourth-order valence-corrected chi connectivity index (χ4v) is 2.23. The number of amidine groups is 1. The molecule has 0 amide bonds. The van der Waals surface area contributed by atoms with Crippen molar-refractivity contribution in [3.05, 3.63) is 53.0 Å². The van der Waals surface area contributed by atoms with Crippen molar-refractivity contribution < 1.29 is 9.60 Å². The van der Waals surface area contributed by atoms with Crippen LogP contribution in [0.5, 0.6) is 0 Å². The Kier molecular flexibility index (Phi) is 4.07. The van der Waals surface area contributed by atoms with Crippen LogP contribution in [0.4, 0.5) is 15.9 Å². The molecule has 0 aliphatic carbocycles. The Bertz CT molecular complexity index is 700. The van der Waals surface area contributed by atoms with Crippen LogP contribution in [0.3, 0.4) is 0 Å². The Morgan fingerprint density at radius 2 is 2.05 bits per heavy atom. The summed E-state index contributed by atoms with van der Waals surface area (Å²) in [4.78, 5) is 6.15. The second-order valence-electron chi connectivity index (χ2n) is 4.80. The molecule has 2 rings (SSSR count). The first kappa shape index (κ1) is 14.8. The summed E-state index contributed by atoms with van der Waals surface area (Å²) in [6, 6.07) is 7.99. The second-order valence-corrected chi connectivity index (χ2v) is 4.80. The van der Waals surface area contributed by atoms with E-state index in [9.17, 15) is 4.39 Å². The van der Waals surface area contributed by atoms with Gasteiger partial charge in [-0.2, -0.15) is 0 Å². The molecule has 0 saturated heterocycles. The van der Waals surface area contributed by atoms with Crippen LogP contribution in [0.2, 0.25) is 0 Å². The molecular weight excluding hydrogens is 271 g/mol. The predicted octanol–water partition coefficient (Wildman–Crippen LogP) is 2.70. The largest absolute Gasteiger partial charge is 0.409 e. The van der Waals surface area contributed by atoms with E-state index in [1.807, 2.05) is 19.9 Å². The van der Waals surface area contributed by atoms with Crippen molar-refractivity contribution in [3.8, 4) is 0 Å². The van der Waals surface area contributed by atoms with Crippen molar-refractivity contribution in [1.82, 2.24) is 4.98 Å². The number of aryl methyl sites for hydroxylation is 2. The lowest BCUT2D eigenvalue weighted by molar-refractivity contribution is 0.318. The number of nitrogens with two attached hydrogens (primary N) is 1. The van der Waals surface area contributed by atoms with Crippen LogP contribution in [0, 0.1) is 19.7 Å². The summed E-state index contributed by atoms with van der Waals surface area (Å²) < 4.78 is 13.4. The molecule has 1 aromatic carbocycles. The number of rotatable bonds is 3. The lowest BCUT2D eigenvalue weighted by atomic mass is 10.1. The fourth-order valence-electron chi connectivity index (χ4n) is 2.23. The molecule has 0 aliphatic rings. The van der Waals surface area contributed by atoms with Crippen molar-refractivity contribution in [2.75, 3.05) is 11.9 Å². The zero-order chi connectivity index (χ0) is 15.6. The zero-order valence-corrected chi connectivity index (χ0v) is 12.1. The van der Waals surface area contributed by atoms with Gasteiger partial charge in [-0.25, -0.2) is 9.37 Å². The Balaban J connectivity index is 2.62. The van der Waals surface area contributed by atoms with Crippen LogP contribution >= 0.6 is 0 Å². The number of benzene rings is 1. The average molecular weight is 288 g/mol. The quantitative estimate of drug-likeness (QED) is 0.394. The number of nitrogens with zero attached hydrogens (tertiary/aromatic N) is 3. The second kappa shape index (κ2) is 5.78. The smallest absolute Gasteiger partial charge is 0.174 e. The molecule has 1 aromatic heterocycles. The molecule has 0 spiro atoms. The number of halogens is 1. The Morgan fingerprint density at radius 1 is 1.33 bits per heavy atom. The monoisotopic (exact) mass is 288 g/mol. The molecule has 0 aliphatic heterocycles. The predicted molar refractivity (Wildman–Crippen MR) is 80.7 cm³/mol. The van der Waals surface area contributed by atoms with Gasteiger partial charge >= 0.3 is 0 Å². The highest BCUT2D eigenvalue weighted by Crippen LogP contribution is 2.28. The minimum absolute atomic E-state index is 0.0294. The molecule has 2 aromatic rings. The lowest BCUT2D eigenvalue weighted by Crippen LogP contribution is -2.22. The van der Waals surface area contributed by atoms with E-state index in [1.165, 1.54) is 12.1 Å². The van der Waals surface area contributed by atoms with E-state index in [2.05, 4.69) is 10.1 Å². The highest BCUT2D eigenvalue weighted by atomic mass is 19.1. The summed E-state index contributed by atoms with van der Waals surface area (Å²) in [6.45, 7) is 3.71. The van der Waals surface area contributed by atoms with Crippen LogP contribution in [0.1, 0.15) is 16.8 Å². The van der Waals surface area contributed by atoms with Gasteiger partial charge in [0.25, 0.3) is 0 Å². The molecule has 1 heterocycles. The standard InChI is InChI=1S/C15H17FN4O/c1-9-7-10(2)18-15(13(9)14(17)19-21)20(3)12-6-4-5-11(16)8-12/h4-8,21H,1-3H3,(H2,17,19). The third-order valence-corrected chi connectivity index (χ3v) is 3.20. The first-order valence-electron chi connectivity index (χ1n) is 6.39. The van der Waals surface area contributed by atoms with Gasteiger partial charge < -0.3 is 15.8 Å². The molecule has 110 valence electrons. The number of oxime groups is 1. The van der Waals surface area contributed by atoms with E-state index < -0.39 is 0 Å². The van der Waals surface area contributed by atoms with Crippen LogP contribution < -0.4 is 10.6 Å². The maximum absolute atomic E-state index is 13.4. The molecule has 3 N–H and O–H groups in total. The normalized spacial score (nSPS) is 11.5. The number of pyridine rings is 1. The molecular formula is C15H17FN4O. The summed E-state index contributed by atoms with van der Waals surface area (Å²) in [5.41, 5.74) is 8.52.